The largest absolute Gasteiger partial charge is 0.381 e. The molecule has 1 saturated heterocycles. The maximum atomic E-state index is 5.44. The van der Waals surface area contributed by atoms with Gasteiger partial charge in [0.05, 0.1) is 12.2 Å². The second-order valence-corrected chi connectivity index (χ2v) is 7.50. The van der Waals surface area contributed by atoms with Crippen LogP contribution in [0, 0.1) is 11.8 Å². The number of ether oxygens (including phenoxy) is 1. The number of rotatable bonds is 6. The maximum Gasteiger partial charge on any atom is 0.0937 e. The van der Waals surface area contributed by atoms with Crippen LogP contribution in [0.4, 0.5) is 5.69 Å². The number of para-hydroxylation sites is 1. The summed E-state index contributed by atoms with van der Waals surface area (Å²) in [4.78, 5) is 3.54. The van der Waals surface area contributed by atoms with Crippen molar-refractivity contribution in [3.63, 3.8) is 0 Å². The number of hydrogen-bond donors (Lipinski definition) is 3. The fraction of sp³-hybridized carbons (Fsp3) is 0.360. The molecule has 2 heterocycles. The van der Waals surface area contributed by atoms with Crippen LogP contribution in [-0.2, 0) is 17.7 Å². The standard InChI is InChI=1S/C25H29N3O/c1-2-22-23-11-10-19(18-27-21-12-15-29-16-13-21)17-25(23)28-24(22)9-6-14-26-20-7-4-3-5-8-20/h3-5,7-8,10-11,17,21,26-28H,2,12-16,18H2,1H3. The fourth-order valence-corrected chi connectivity index (χ4v) is 3.89. The number of nitrogens with one attached hydrogen (secondary N) is 3. The summed E-state index contributed by atoms with van der Waals surface area (Å²) in [5.41, 5.74) is 5.91. The Bertz CT molecular complexity index is 991. The Hall–Kier alpha value is -2.74. The third-order valence-corrected chi connectivity index (χ3v) is 5.51. The Morgan fingerprint density at radius 1 is 1.10 bits per heavy atom. The molecular formula is C25H29N3O. The highest BCUT2D eigenvalue weighted by Gasteiger charge is 2.13. The number of aromatic nitrogens is 1. The summed E-state index contributed by atoms with van der Waals surface area (Å²) in [6, 6.07) is 17.5. The summed E-state index contributed by atoms with van der Waals surface area (Å²) in [7, 11) is 0. The first kappa shape index (κ1) is 19.6. The van der Waals surface area contributed by atoms with E-state index in [1.54, 1.807) is 0 Å². The van der Waals surface area contributed by atoms with Gasteiger partial charge in [0, 0.05) is 42.4 Å². The van der Waals surface area contributed by atoms with Gasteiger partial charge in [0.1, 0.15) is 0 Å². The molecule has 1 aliphatic heterocycles. The monoisotopic (exact) mass is 387 g/mol. The molecule has 1 aliphatic rings. The van der Waals surface area contributed by atoms with Crippen molar-refractivity contribution in [3.05, 3.63) is 65.4 Å². The molecule has 2 aromatic carbocycles. The van der Waals surface area contributed by atoms with E-state index in [-0.39, 0.29) is 0 Å². The van der Waals surface area contributed by atoms with E-state index in [1.165, 1.54) is 22.0 Å². The molecule has 4 heteroatoms. The van der Waals surface area contributed by atoms with Gasteiger partial charge in [-0.05, 0) is 54.5 Å². The van der Waals surface area contributed by atoms with Crippen LogP contribution in [0.15, 0.2) is 48.5 Å². The van der Waals surface area contributed by atoms with E-state index in [0.29, 0.717) is 12.6 Å². The maximum absolute atomic E-state index is 5.44. The lowest BCUT2D eigenvalue weighted by Crippen LogP contribution is -2.34. The van der Waals surface area contributed by atoms with E-state index in [2.05, 4.69) is 64.7 Å². The number of anilines is 1. The van der Waals surface area contributed by atoms with Crippen molar-refractivity contribution < 1.29 is 4.74 Å². The van der Waals surface area contributed by atoms with Crippen LogP contribution in [-0.4, -0.2) is 30.8 Å². The number of H-pyrrole nitrogens is 1. The smallest absolute Gasteiger partial charge is 0.0937 e. The van der Waals surface area contributed by atoms with Gasteiger partial charge in [-0.3, -0.25) is 0 Å². The SMILES string of the molecule is CCc1c(C#CCNc2ccccc2)[nH]c2cc(CNC3CCOCC3)ccc12. The normalized spacial score (nSPS) is 14.5. The Morgan fingerprint density at radius 2 is 1.93 bits per heavy atom. The van der Waals surface area contributed by atoms with Crippen LogP contribution in [0.25, 0.3) is 10.9 Å². The van der Waals surface area contributed by atoms with Crippen LogP contribution >= 0.6 is 0 Å². The zero-order valence-electron chi connectivity index (χ0n) is 17.1. The minimum absolute atomic E-state index is 0.563. The second kappa shape index (κ2) is 9.65. The zero-order valence-corrected chi connectivity index (χ0v) is 17.1. The van der Waals surface area contributed by atoms with Crippen molar-refractivity contribution in [3.8, 4) is 11.8 Å². The van der Waals surface area contributed by atoms with Crippen molar-refractivity contribution in [1.29, 1.82) is 0 Å². The highest BCUT2D eigenvalue weighted by Crippen LogP contribution is 2.24. The van der Waals surface area contributed by atoms with E-state index in [0.717, 1.165) is 50.4 Å². The van der Waals surface area contributed by atoms with Gasteiger partial charge in [-0.15, -0.1) is 0 Å². The molecule has 150 valence electrons. The fourth-order valence-electron chi connectivity index (χ4n) is 3.89. The molecule has 0 radical (unpaired) electrons. The molecule has 4 nitrogen and oxygen atoms in total. The Morgan fingerprint density at radius 3 is 2.72 bits per heavy atom. The molecule has 3 aromatic rings. The van der Waals surface area contributed by atoms with Gasteiger partial charge < -0.3 is 20.4 Å². The van der Waals surface area contributed by atoms with Crippen LogP contribution in [0.1, 0.15) is 36.6 Å². The molecule has 0 spiro atoms. The summed E-state index contributed by atoms with van der Waals surface area (Å²) in [5.74, 6) is 6.58. The van der Waals surface area contributed by atoms with E-state index in [9.17, 15) is 0 Å². The Balaban J connectivity index is 1.44. The van der Waals surface area contributed by atoms with Crippen LogP contribution in [0.3, 0.4) is 0 Å². The average Bonchev–Trinajstić information content (AvgIpc) is 3.13. The first-order valence-electron chi connectivity index (χ1n) is 10.6. The summed E-state index contributed by atoms with van der Waals surface area (Å²) in [6.45, 7) is 5.45. The average molecular weight is 388 g/mol. The lowest BCUT2D eigenvalue weighted by atomic mass is 10.1. The topological polar surface area (TPSA) is 49.1 Å². The Kier molecular flexibility index (Phi) is 6.51. The highest BCUT2D eigenvalue weighted by atomic mass is 16.5. The number of aryl methyl sites for hydroxylation is 1. The number of fused-ring (bicyclic) bond motifs is 1. The molecule has 1 fully saturated rings. The minimum Gasteiger partial charge on any atom is -0.381 e. The summed E-state index contributed by atoms with van der Waals surface area (Å²) in [5, 5.41) is 8.28. The molecule has 0 atom stereocenters. The van der Waals surface area contributed by atoms with Gasteiger partial charge in [0.2, 0.25) is 0 Å². The van der Waals surface area contributed by atoms with Gasteiger partial charge in [-0.2, -0.15) is 0 Å². The van der Waals surface area contributed by atoms with Gasteiger partial charge >= 0.3 is 0 Å². The van der Waals surface area contributed by atoms with Gasteiger partial charge in [0.25, 0.3) is 0 Å². The second-order valence-electron chi connectivity index (χ2n) is 7.50. The van der Waals surface area contributed by atoms with Gasteiger partial charge in [-0.1, -0.05) is 43.2 Å². The number of hydrogen-bond acceptors (Lipinski definition) is 3. The molecule has 4 rings (SSSR count). The van der Waals surface area contributed by atoms with Crippen LogP contribution < -0.4 is 10.6 Å². The lowest BCUT2D eigenvalue weighted by Gasteiger charge is -2.23. The minimum atomic E-state index is 0.563. The molecular weight excluding hydrogens is 358 g/mol. The number of benzene rings is 2. The zero-order chi connectivity index (χ0) is 19.9. The quantitative estimate of drug-likeness (QED) is 0.547. The molecule has 0 saturated carbocycles. The van der Waals surface area contributed by atoms with Crippen molar-refractivity contribution in [2.24, 2.45) is 0 Å². The molecule has 0 aliphatic carbocycles. The molecule has 0 amide bonds. The predicted octanol–water partition coefficient (Wildman–Crippen LogP) is 4.46. The van der Waals surface area contributed by atoms with E-state index >= 15 is 0 Å². The summed E-state index contributed by atoms with van der Waals surface area (Å²) in [6.07, 6.45) is 3.17. The van der Waals surface area contributed by atoms with Crippen LogP contribution in [0.5, 0.6) is 0 Å². The van der Waals surface area contributed by atoms with Gasteiger partial charge in [0.15, 0.2) is 0 Å². The van der Waals surface area contributed by atoms with Crippen molar-refractivity contribution in [2.45, 2.75) is 38.8 Å². The van der Waals surface area contributed by atoms with E-state index in [1.807, 2.05) is 18.2 Å². The molecule has 1 aromatic heterocycles. The summed E-state index contributed by atoms with van der Waals surface area (Å²) >= 11 is 0. The Labute approximate surface area is 173 Å². The first-order valence-corrected chi connectivity index (χ1v) is 10.6. The van der Waals surface area contributed by atoms with E-state index in [4.69, 9.17) is 4.74 Å². The first-order chi connectivity index (χ1) is 14.3. The molecule has 0 bridgehead atoms. The third kappa shape index (κ3) is 5.00. The van der Waals surface area contributed by atoms with Crippen molar-refractivity contribution >= 4 is 16.6 Å². The van der Waals surface area contributed by atoms with E-state index < -0.39 is 0 Å². The van der Waals surface area contributed by atoms with Crippen molar-refractivity contribution in [1.82, 2.24) is 10.3 Å². The molecule has 29 heavy (non-hydrogen) atoms. The van der Waals surface area contributed by atoms with Crippen molar-refractivity contribution in [2.75, 3.05) is 25.1 Å². The van der Waals surface area contributed by atoms with Gasteiger partial charge in [-0.25, -0.2) is 0 Å². The number of aromatic amines is 1. The summed E-state index contributed by atoms with van der Waals surface area (Å²) < 4.78 is 5.44. The molecule has 0 unspecified atom stereocenters. The molecule has 3 N–H and O–H groups in total. The third-order valence-electron chi connectivity index (χ3n) is 5.51. The lowest BCUT2D eigenvalue weighted by molar-refractivity contribution is 0.0776. The van der Waals surface area contributed by atoms with Crippen LogP contribution in [0.2, 0.25) is 0 Å². The highest BCUT2D eigenvalue weighted by molar-refractivity contribution is 5.86. The predicted molar refractivity (Wildman–Crippen MR) is 120 cm³/mol.